The molecule has 0 heterocycles. The summed E-state index contributed by atoms with van der Waals surface area (Å²) in [6.45, 7) is -0.544. The van der Waals surface area contributed by atoms with E-state index in [1.54, 1.807) is 24.3 Å². The maximum Gasteiger partial charge on any atom is 0.157 e. The smallest absolute Gasteiger partial charge is 0.157 e. The number of aliphatic hydroxyl groups excluding tert-OH is 2. The number of hydrogen-bond acceptors (Lipinski definition) is 4. The fourth-order valence-corrected chi connectivity index (χ4v) is 3.23. The maximum absolute atomic E-state index is 11.6. The molecule has 6 heteroatoms. The molecule has 0 aliphatic heterocycles. The Morgan fingerprint density at radius 2 is 2.06 bits per heavy atom. The molecule has 0 saturated carbocycles. The lowest BCUT2D eigenvalue weighted by Crippen LogP contribution is -2.25. The number of hydrogen-bond donors (Lipinski definition) is 2. The summed E-state index contributed by atoms with van der Waals surface area (Å²) >= 11 is 3.25. The van der Waals surface area contributed by atoms with Crippen molar-refractivity contribution in [3.05, 3.63) is 34.3 Å². The number of benzene rings is 1. The molecular weight excluding hydrogens is 296 g/mol. The first-order valence-electron chi connectivity index (χ1n) is 4.67. The molecule has 1 aromatic carbocycles. The van der Waals surface area contributed by atoms with Gasteiger partial charge in [-0.15, -0.1) is 0 Å². The molecule has 0 aliphatic rings. The van der Waals surface area contributed by atoms with E-state index in [1.807, 2.05) is 0 Å². The topological polar surface area (TPSA) is 74.6 Å². The van der Waals surface area contributed by atoms with Crippen LogP contribution in [-0.4, -0.2) is 37.1 Å². The Morgan fingerprint density at radius 3 is 2.62 bits per heavy atom. The maximum atomic E-state index is 11.6. The number of rotatable bonds is 5. The van der Waals surface area contributed by atoms with Crippen molar-refractivity contribution in [2.75, 3.05) is 12.4 Å². The third kappa shape index (κ3) is 4.61. The van der Waals surface area contributed by atoms with E-state index < -0.39 is 28.3 Å². The first kappa shape index (κ1) is 13.6. The first-order chi connectivity index (χ1) is 7.43. The lowest BCUT2D eigenvalue weighted by molar-refractivity contribution is 0.112. The number of halogens is 1. The lowest BCUT2D eigenvalue weighted by atomic mass is 10.2. The summed E-state index contributed by atoms with van der Waals surface area (Å²) in [4.78, 5) is 0. The molecule has 16 heavy (non-hydrogen) atoms. The molecule has 1 rings (SSSR count). The molecule has 1 aromatic rings. The molecule has 0 saturated heterocycles. The Morgan fingerprint density at radius 1 is 1.38 bits per heavy atom. The van der Waals surface area contributed by atoms with E-state index in [0.29, 0.717) is 5.56 Å². The summed E-state index contributed by atoms with van der Waals surface area (Å²) < 4.78 is 24.0. The molecule has 2 N–H and O–H groups in total. The highest BCUT2D eigenvalue weighted by atomic mass is 79.9. The van der Waals surface area contributed by atoms with E-state index in [9.17, 15) is 8.42 Å². The Hall–Kier alpha value is -0.430. The number of aliphatic hydroxyl groups is 2. The highest BCUT2D eigenvalue weighted by molar-refractivity contribution is 9.10. The predicted molar refractivity (Wildman–Crippen MR) is 64.7 cm³/mol. The third-order valence-electron chi connectivity index (χ3n) is 1.93. The van der Waals surface area contributed by atoms with Crippen LogP contribution in [0.5, 0.6) is 0 Å². The average molecular weight is 309 g/mol. The van der Waals surface area contributed by atoms with Gasteiger partial charge >= 0.3 is 0 Å². The molecule has 4 nitrogen and oxygen atoms in total. The van der Waals surface area contributed by atoms with Crippen LogP contribution in [0, 0.1) is 0 Å². The summed E-state index contributed by atoms with van der Waals surface area (Å²) in [5.74, 6) is -0.556. The first-order valence-corrected chi connectivity index (χ1v) is 7.28. The van der Waals surface area contributed by atoms with E-state index in [1.165, 1.54) is 0 Å². The molecule has 0 radical (unpaired) electrons. The van der Waals surface area contributed by atoms with Gasteiger partial charge in [-0.05, 0) is 17.7 Å². The van der Waals surface area contributed by atoms with Gasteiger partial charge in [0.2, 0.25) is 0 Å². The summed E-state index contributed by atoms with van der Waals surface area (Å²) in [7, 11) is -3.39. The van der Waals surface area contributed by atoms with Gasteiger partial charge < -0.3 is 10.2 Å². The molecule has 0 spiro atoms. The Balaban J connectivity index is 2.73. The molecule has 0 aromatic heterocycles. The van der Waals surface area contributed by atoms with Crippen molar-refractivity contribution in [1.29, 1.82) is 0 Å². The van der Waals surface area contributed by atoms with Gasteiger partial charge in [0.1, 0.15) is 0 Å². The van der Waals surface area contributed by atoms with Crippen molar-refractivity contribution in [1.82, 2.24) is 0 Å². The summed E-state index contributed by atoms with van der Waals surface area (Å²) in [5.41, 5.74) is 0.652. The van der Waals surface area contributed by atoms with Crippen LogP contribution >= 0.6 is 15.9 Å². The second kappa shape index (κ2) is 5.77. The molecule has 90 valence electrons. The van der Waals surface area contributed by atoms with Crippen LogP contribution in [0.4, 0.5) is 0 Å². The van der Waals surface area contributed by atoms with Crippen molar-refractivity contribution in [2.45, 2.75) is 11.9 Å². The van der Waals surface area contributed by atoms with Gasteiger partial charge in [0, 0.05) is 4.47 Å². The van der Waals surface area contributed by atoms with Gasteiger partial charge in [-0.25, -0.2) is 8.42 Å². The van der Waals surface area contributed by atoms with Crippen LogP contribution in [0.25, 0.3) is 0 Å². The van der Waals surface area contributed by atoms with E-state index in [2.05, 4.69) is 15.9 Å². The zero-order valence-corrected chi connectivity index (χ0v) is 10.9. The molecule has 0 amide bonds. The predicted octanol–water partition coefficient (Wildman–Crippen LogP) is 0.717. The third-order valence-corrected chi connectivity index (χ3v) is 4.09. The van der Waals surface area contributed by atoms with Crippen molar-refractivity contribution in [2.24, 2.45) is 0 Å². The Bertz CT molecular complexity index is 444. The molecular formula is C10H13BrO4S. The summed E-state index contributed by atoms with van der Waals surface area (Å²) in [5, 5.41) is 17.7. The largest absolute Gasteiger partial charge is 0.394 e. The van der Waals surface area contributed by atoms with Gasteiger partial charge in [-0.1, -0.05) is 28.1 Å². The fraction of sp³-hybridized carbons (Fsp3) is 0.400. The lowest BCUT2D eigenvalue weighted by Gasteiger charge is -2.08. The molecule has 0 fully saturated rings. The van der Waals surface area contributed by atoms with Crippen molar-refractivity contribution >= 4 is 25.8 Å². The van der Waals surface area contributed by atoms with E-state index in [0.717, 1.165) is 4.47 Å². The zero-order valence-electron chi connectivity index (χ0n) is 8.51. The molecule has 1 atom stereocenters. The van der Waals surface area contributed by atoms with Crippen LogP contribution in [-0.2, 0) is 15.6 Å². The molecule has 0 unspecified atom stereocenters. The van der Waals surface area contributed by atoms with Crippen LogP contribution < -0.4 is 0 Å². The normalized spacial score (nSPS) is 13.7. The second-order valence-corrected chi connectivity index (χ2v) is 6.55. The van der Waals surface area contributed by atoms with Crippen molar-refractivity contribution in [3.8, 4) is 0 Å². The van der Waals surface area contributed by atoms with E-state index in [-0.39, 0.29) is 5.75 Å². The minimum absolute atomic E-state index is 0.135. The van der Waals surface area contributed by atoms with Crippen LogP contribution in [0.3, 0.4) is 0 Å². The van der Waals surface area contributed by atoms with E-state index >= 15 is 0 Å². The van der Waals surface area contributed by atoms with Crippen LogP contribution in [0.15, 0.2) is 28.7 Å². The van der Waals surface area contributed by atoms with Gasteiger partial charge in [-0.2, -0.15) is 0 Å². The average Bonchev–Trinajstić information content (AvgIpc) is 2.15. The zero-order chi connectivity index (χ0) is 12.2. The monoisotopic (exact) mass is 308 g/mol. The highest BCUT2D eigenvalue weighted by Gasteiger charge is 2.17. The van der Waals surface area contributed by atoms with Gasteiger partial charge in [-0.3, -0.25) is 0 Å². The molecule has 0 aliphatic carbocycles. The van der Waals surface area contributed by atoms with Crippen molar-refractivity contribution in [3.63, 3.8) is 0 Å². The minimum Gasteiger partial charge on any atom is -0.394 e. The number of sulfone groups is 1. The SMILES string of the molecule is O=S(=O)(Cc1cccc(Br)c1)C[C@@H](O)CO. The highest BCUT2D eigenvalue weighted by Crippen LogP contribution is 2.14. The summed E-state index contributed by atoms with van der Waals surface area (Å²) in [6.07, 6.45) is -1.21. The molecule has 0 bridgehead atoms. The van der Waals surface area contributed by atoms with Gasteiger partial charge in [0.15, 0.2) is 9.84 Å². The summed E-state index contributed by atoms with van der Waals surface area (Å²) in [6, 6.07) is 6.96. The van der Waals surface area contributed by atoms with Crippen LogP contribution in [0.2, 0.25) is 0 Å². The van der Waals surface area contributed by atoms with Crippen molar-refractivity contribution < 1.29 is 18.6 Å². The fourth-order valence-electron chi connectivity index (χ4n) is 1.29. The minimum atomic E-state index is -3.39. The second-order valence-electron chi connectivity index (χ2n) is 3.52. The quantitative estimate of drug-likeness (QED) is 0.840. The van der Waals surface area contributed by atoms with Gasteiger partial charge in [0.05, 0.1) is 24.2 Å². The standard InChI is InChI=1S/C10H13BrO4S/c11-9-3-1-2-8(4-9)6-16(14,15)7-10(13)5-12/h1-4,10,12-13H,5-7H2/t10-/m0/s1. The van der Waals surface area contributed by atoms with E-state index in [4.69, 9.17) is 10.2 Å². The Labute approximate surface area is 103 Å². The van der Waals surface area contributed by atoms with Crippen LogP contribution in [0.1, 0.15) is 5.56 Å². The van der Waals surface area contributed by atoms with Gasteiger partial charge in [0.25, 0.3) is 0 Å². The Kier molecular flexibility index (Phi) is 4.91.